The molecule has 8 nitrogen and oxygen atoms in total. The van der Waals surface area contributed by atoms with Gasteiger partial charge in [0.25, 0.3) is 0 Å². The summed E-state index contributed by atoms with van der Waals surface area (Å²) in [4.78, 5) is 35.2. The van der Waals surface area contributed by atoms with Gasteiger partial charge in [0.2, 0.25) is 5.91 Å². The van der Waals surface area contributed by atoms with Gasteiger partial charge in [0.15, 0.2) is 0 Å². The Hall–Kier alpha value is -4.21. The van der Waals surface area contributed by atoms with Crippen LogP contribution in [0.15, 0.2) is 78.2 Å². The molecule has 1 heterocycles. The van der Waals surface area contributed by atoms with Gasteiger partial charge in [-0.25, -0.2) is 4.98 Å². The molecule has 0 saturated heterocycles. The summed E-state index contributed by atoms with van der Waals surface area (Å²) in [6.45, 7) is 9.75. The predicted octanol–water partition coefficient (Wildman–Crippen LogP) is 8.50. The van der Waals surface area contributed by atoms with Crippen molar-refractivity contribution < 1.29 is 14.7 Å². The Kier molecular flexibility index (Phi) is 13.6. The topological polar surface area (TPSA) is 89.0 Å². The number of aliphatic carboxylic acids is 1. The molecule has 0 spiro atoms. The minimum atomic E-state index is -0.992. The third-order valence-corrected chi connectivity index (χ3v) is 9.33. The second-order valence-electron chi connectivity index (χ2n) is 12.9. The first-order valence-electron chi connectivity index (χ1n) is 17.0. The van der Waals surface area contributed by atoms with Crippen LogP contribution in [0.5, 0.6) is 0 Å². The molecule has 0 atom stereocenters. The number of carbonyl (C=O) groups is 2. The number of amides is 1. The van der Waals surface area contributed by atoms with Crippen LogP contribution in [0.4, 0.5) is 17.1 Å². The number of benzene rings is 3. The summed E-state index contributed by atoms with van der Waals surface area (Å²) in [6.07, 6.45) is 4.88. The molecule has 3 aromatic carbocycles. The largest absolute Gasteiger partial charge is 0.480 e. The standard InChI is InChI=1S/C39H51N5O3S/c1-7-9-30(10-8-2)31-15-19-35(20-16-31)44(28(3)4)23-29-11-13-32(14-12-29)36-27-48-38(41-36)25-43(26-39(46)47)24-37(45)40-33-17-21-34(22-18-33)42(5)6/h11-22,27-28,30H,7-10,23-26H2,1-6H3,(H,40,45)(H,46,47). The van der Waals surface area contributed by atoms with Gasteiger partial charge in [0.05, 0.1) is 25.3 Å². The molecule has 1 amide bonds. The number of thiazole rings is 1. The van der Waals surface area contributed by atoms with E-state index in [1.54, 1.807) is 4.90 Å². The number of rotatable bonds is 18. The third kappa shape index (κ3) is 10.7. The molecule has 1 aromatic heterocycles. The molecule has 256 valence electrons. The second-order valence-corrected chi connectivity index (χ2v) is 13.9. The fraction of sp³-hybridized carbons (Fsp3) is 0.410. The molecule has 0 aliphatic rings. The van der Waals surface area contributed by atoms with Gasteiger partial charge in [0, 0.05) is 54.7 Å². The van der Waals surface area contributed by atoms with Crippen LogP contribution in [0.2, 0.25) is 0 Å². The number of nitrogens with zero attached hydrogens (tertiary/aromatic N) is 4. The van der Waals surface area contributed by atoms with E-state index in [-0.39, 0.29) is 25.5 Å². The van der Waals surface area contributed by atoms with Crippen molar-refractivity contribution in [2.75, 3.05) is 42.3 Å². The van der Waals surface area contributed by atoms with Crippen LogP contribution in [0.25, 0.3) is 11.3 Å². The predicted molar refractivity (Wildman–Crippen MR) is 200 cm³/mol. The van der Waals surface area contributed by atoms with Crippen molar-refractivity contribution in [2.45, 2.75) is 78.4 Å². The summed E-state index contributed by atoms with van der Waals surface area (Å²) < 4.78 is 0. The molecule has 0 unspecified atom stereocenters. The van der Waals surface area contributed by atoms with Gasteiger partial charge in [0.1, 0.15) is 5.01 Å². The molecule has 0 fully saturated rings. The van der Waals surface area contributed by atoms with Gasteiger partial charge in [-0.05, 0) is 80.1 Å². The van der Waals surface area contributed by atoms with Crippen LogP contribution in [0, 0.1) is 0 Å². The minimum Gasteiger partial charge on any atom is -0.480 e. The Morgan fingerprint density at radius 3 is 2.02 bits per heavy atom. The lowest BCUT2D eigenvalue weighted by Crippen LogP contribution is -2.36. The molecule has 2 N–H and O–H groups in total. The first kappa shape index (κ1) is 36.6. The highest BCUT2D eigenvalue weighted by Gasteiger charge is 2.18. The number of hydrogen-bond donors (Lipinski definition) is 2. The Bertz CT molecular complexity index is 1580. The van der Waals surface area contributed by atoms with E-state index in [1.165, 1.54) is 53.8 Å². The van der Waals surface area contributed by atoms with Gasteiger partial charge in [-0.2, -0.15) is 0 Å². The van der Waals surface area contributed by atoms with Crippen LogP contribution in [-0.2, 0) is 22.7 Å². The number of carboxylic acid groups (broad SMARTS) is 1. The first-order valence-corrected chi connectivity index (χ1v) is 17.9. The van der Waals surface area contributed by atoms with E-state index in [2.05, 4.69) is 86.4 Å². The minimum absolute atomic E-state index is 0.0571. The number of hydrogen-bond acceptors (Lipinski definition) is 7. The molecule has 0 saturated carbocycles. The maximum Gasteiger partial charge on any atom is 0.317 e. The van der Waals surface area contributed by atoms with E-state index >= 15 is 0 Å². The highest BCUT2D eigenvalue weighted by atomic mass is 32.1. The van der Waals surface area contributed by atoms with Crippen molar-refractivity contribution in [3.8, 4) is 11.3 Å². The smallest absolute Gasteiger partial charge is 0.317 e. The van der Waals surface area contributed by atoms with Crippen molar-refractivity contribution in [3.63, 3.8) is 0 Å². The zero-order chi connectivity index (χ0) is 34.6. The maximum atomic E-state index is 12.8. The lowest BCUT2D eigenvalue weighted by Gasteiger charge is -2.30. The summed E-state index contributed by atoms with van der Waals surface area (Å²) in [6, 6.07) is 25.5. The number of anilines is 3. The zero-order valence-electron chi connectivity index (χ0n) is 29.3. The van der Waals surface area contributed by atoms with Gasteiger partial charge < -0.3 is 20.2 Å². The molecule has 0 aliphatic heterocycles. The van der Waals surface area contributed by atoms with Crippen LogP contribution < -0.4 is 15.1 Å². The van der Waals surface area contributed by atoms with E-state index in [4.69, 9.17) is 4.98 Å². The van der Waals surface area contributed by atoms with E-state index in [0.29, 0.717) is 17.6 Å². The van der Waals surface area contributed by atoms with Gasteiger partial charge in [-0.1, -0.05) is 63.1 Å². The van der Waals surface area contributed by atoms with Gasteiger partial charge in [-0.3, -0.25) is 14.5 Å². The van der Waals surface area contributed by atoms with Crippen LogP contribution >= 0.6 is 11.3 Å². The maximum absolute atomic E-state index is 12.8. The van der Waals surface area contributed by atoms with Crippen LogP contribution in [0.3, 0.4) is 0 Å². The second kappa shape index (κ2) is 17.8. The van der Waals surface area contributed by atoms with E-state index < -0.39 is 5.97 Å². The van der Waals surface area contributed by atoms with E-state index in [9.17, 15) is 14.7 Å². The molecular weight excluding hydrogens is 619 g/mol. The number of aromatic nitrogens is 1. The lowest BCUT2D eigenvalue weighted by molar-refractivity contribution is -0.138. The molecule has 4 aromatic rings. The van der Waals surface area contributed by atoms with Crippen LogP contribution in [0.1, 0.15) is 75.4 Å². The normalized spacial score (nSPS) is 11.4. The van der Waals surface area contributed by atoms with E-state index in [1.807, 2.05) is 48.6 Å². The Morgan fingerprint density at radius 2 is 1.46 bits per heavy atom. The highest BCUT2D eigenvalue weighted by molar-refractivity contribution is 7.09. The van der Waals surface area contributed by atoms with Crippen molar-refractivity contribution in [1.82, 2.24) is 9.88 Å². The number of carboxylic acids is 1. The number of carbonyl (C=O) groups excluding carboxylic acids is 1. The summed E-state index contributed by atoms with van der Waals surface area (Å²) in [5.74, 6) is -0.629. The zero-order valence-corrected chi connectivity index (χ0v) is 30.1. The summed E-state index contributed by atoms with van der Waals surface area (Å²) in [7, 11) is 3.91. The quantitative estimate of drug-likeness (QED) is 0.110. The van der Waals surface area contributed by atoms with Crippen molar-refractivity contribution in [2.24, 2.45) is 0 Å². The summed E-state index contributed by atoms with van der Waals surface area (Å²) >= 11 is 1.47. The fourth-order valence-corrected chi connectivity index (χ4v) is 6.82. The Labute approximate surface area is 290 Å². The molecule has 9 heteroatoms. The fourth-order valence-electron chi connectivity index (χ4n) is 5.98. The van der Waals surface area contributed by atoms with Gasteiger partial charge in [-0.15, -0.1) is 11.3 Å². The van der Waals surface area contributed by atoms with Crippen molar-refractivity contribution in [1.29, 1.82) is 0 Å². The lowest BCUT2D eigenvalue weighted by atomic mass is 9.90. The average molecular weight is 670 g/mol. The molecule has 0 bridgehead atoms. The van der Waals surface area contributed by atoms with Crippen molar-refractivity contribution in [3.05, 3.63) is 94.3 Å². The SMILES string of the molecule is CCCC(CCC)c1ccc(N(Cc2ccc(-c3csc(CN(CC(=O)O)CC(=O)Nc4ccc(N(C)C)cc4)n3)cc2)C(C)C)cc1. The molecule has 0 aliphatic carbocycles. The summed E-state index contributed by atoms with van der Waals surface area (Å²) in [5.41, 5.74) is 7.43. The monoisotopic (exact) mass is 669 g/mol. The van der Waals surface area contributed by atoms with E-state index in [0.717, 1.165) is 28.5 Å². The highest BCUT2D eigenvalue weighted by Crippen LogP contribution is 2.30. The van der Waals surface area contributed by atoms with Gasteiger partial charge >= 0.3 is 5.97 Å². The molecule has 4 rings (SSSR count). The number of nitrogens with one attached hydrogen (secondary N) is 1. The van der Waals surface area contributed by atoms with Crippen molar-refractivity contribution >= 4 is 40.3 Å². The molecular formula is C39H51N5O3S. The Balaban J connectivity index is 1.38. The average Bonchev–Trinajstić information content (AvgIpc) is 3.52. The Morgan fingerprint density at radius 1 is 0.833 bits per heavy atom. The molecule has 48 heavy (non-hydrogen) atoms. The summed E-state index contributed by atoms with van der Waals surface area (Å²) in [5, 5.41) is 15.1. The molecule has 0 radical (unpaired) electrons. The van der Waals surface area contributed by atoms with Crippen LogP contribution in [-0.4, -0.2) is 60.1 Å². The first-order chi connectivity index (χ1) is 23.1. The third-order valence-electron chi connectivity index (χ3n) is 8.50.